The Labute approximate surface area is 181 Å². The first-order valence-electron chi connectivity index (χ1n) is 8.29. The Morgan fingerprint density at radius 1 is 1.27 bits per heavy atom. The molecule has 0 saturated carbocycles. The van der Waals surface area contributed by atoms with Crippen molar-refractivity contribution in [2.24, 2.45) is 4.99 Å². The fourth-order valence-corrected chi connectivity index (χ4v) is 3.08. The van der Waals surface area contributed by atoms with E-state index in [1.165, 1.54) is 0 Å². The van der Waals surface area contributed by atoms with Crippen LogP contribution in [0.5, 0.6) is 0 Å². The topological polar surface area (TPSA) is 58.5 Å². The number of nitrogens with zero attached hydrogens (tertiary/aromatic N) is 2. The minimum atomic E-state index is 0. The number of hydrogen-bond acceptors (Lipinski definition) is 4. The summed E-state index contributed by atoms with van der Waals surface area (Å²) < 4.78 is 5.65. The fourth-order valence-electron chi connectivity index (χ4n) is 2.06. The molecule has 0 atom stereocenters. The molecule has 0 spiro atoms. The predicted molar refractivity (Wildman–Crippen MR) is 121 cm³/mol. The van der Waals surface area contributed by atoms with Gasteiger partial charge < -0.3 is 15.4 Å². The number of nitrogens with one attached hydrogen (secondary N) is 2. The molecular formula is C18H26ClIN4OS. The largest absolute Gasteiger partial charge is 0.375 e. The highest BCUT2D eigenvalue weighted by molar-refractivity contribution is 14.0. The zero-order valence-electron chi connectivity index (χ0n) is 15.3. The van der Waals surface area contributed by atoms with Gasteiger partial charge in [-0.1, -0.05) is 37.6 Å². The second kappa shape index (κ2) is 12.5. The summed E-state index contributed by atoms with van der Waals surface area (Å²) in [6, 6.07) is 7.67. The molecule has 0 radical (unpaired) electrons. The van der Waals surface area contributed by atoms with Gasteiger partial charge in [0.25, 0.3) is 0 Å². The number of benzene rings is 1. The SMILES string of the molecule is CN=C(NCCOCc1ccc(Cl)cc1)NCc1nc(C(C)C)cs1.I. The molecule has 0 bridgehead atoms. The Morgan fingerprint density at radius 2 is 2.00 bits per heavy atom. The standard InChI is InChI=1S/C18H25ClN4OS.HI/c1-13(2)16-12-25-17(23-16)10-22-18(20-3)21-8-9-24-11-14-4-6-15(19)7-5-14;/h4-7,12-13H,8-11H2,1-3H3,(H2,20,21,22);1H. The van der Waals surface area contributed by atoms with Crippen molar-refractivity contribution in [3.8, 4) is 0 Å². The third-order valence-corrected chi connectivity index (χ3v) is 4.63. The van der Waals surface area contributed by atoms with Gasteiger partial charge in [-0.25, -0.2) is 4.98 Å². The third kappa shape index (κ3) is 8.20. The summed E-state index contributed by atoms with van der Waals surface area (Å²) in [6.07, 6.45) is 0. The van der Waals surface area contributed by atoms with Crippen molar-refractivity contribution in [2.45, 2.75) is 32.9 Å². The lowest BCUT2D eigenvalue weighted by molar-refractivity contribution is 0.125. The number of aliphatic imine (C=N–C) groups is 1. The second-order valence-electron chi connectivity index (χ2n) is 5.85. The van der Waals surface area contributed by atoms with Crippen LogP contribution in [0.4, 0.5) is 0 Å². The first-order chi connectivity index (χ1) is 12.1. The Bertz CT molecular complexity index is 676. The Kier molecular flexibility index (Phi) is 11.1. The van der Waals surface area contributed by atoms with E-state index >= 15 is 0 Å². The summed E-state index contributed by atoms with van der Waals surface area (Å²) in [5, 5.41) is 10.4. The van der Waals surface area contributed by atoms with Crippen LogP contribution < -0.4 is 10.6 Å². The average Bonchev–Trinajstić information content (AvgIpc) is 3.08. The van der Waals surface area contributed by atoms with Crippen LogP contribution in [0.1, 0.15) is 36.0 Å². The van der Waals surface area contributed by atoms with Gasteiger partial charge in [-0.3, -0.25) is 4.99 Å². The molecule has 0 aliphatic rings. The zero-order chi connectivity index (χ0) is 18.1. The number of guanidine groups is 1. The summed E-state index contributed by atoms with van der Waals surface area (Å²) in [6.45, 7) is 6.82. The maximum atomic E-state index is 5.86. The Hall–Kier alpha value is -0.900. The fraction of sp³-hybridized carbons (Fsp3) is 0.444. The predicted octanol–water partition coefficient (Wildman–Crippen LogP) is 4.42. The molecule has 144 valence electrons. The summed E-state index contributed by atoms with van der Waals surface area (Å²) in [5.74, 6) is 1.21. The van der Waals surface area contributed by atoms with Crippen LogP contribution in [0, 0.1) is 0 Å². The molecule has 1 aromatic carbocycles. The zero-order valence-corrected chi connectivity index (χ0v) is 19.2. The molecule has 0 fully saturated rings. The van der Waals surface area contributed by atoms with Gasteiger partial charge in [-0.05, 0) is 23.6 Å². The van der Waals surface area contributed by atoms with E-state index in [1.807, 2.05) is 24.3 Å². The molecule has 1 aromatic heterocycles. The minimum absolute atomic E-state index is 0. The molecule has 2 aromatic rings. The maximum Gasteiger partial charge on any atom is 0.191 e. The van der Waals surface area contributed by atoms with Gasteiger partial charge >= 0.3 is 0 Å². The van der Waals surface area contributed by atoms with Gasteiger partial charge in [0.1, 0.15) is 5.01 Å². The monoisotopic (exact) mass is 508 g/mol. The van der Waals surface area contributed by atoms with Crippen LogP contribution in [-0.4, -0.2) is 31.1 Å². The lowest BCUT2D eigenvalue weighted by Crippen LogP contribution is -2.38. The van der Waals surface area contributed by atoms with Crippen LogP contribution >= 0.6 is 46.9 Å². The van der Waals surface area contributed by atoms with Crippen LogP contribution in [0.3, 0.4) is 0 Å². The first-order valence-corrected chi connectivity index (χ1v) is 9.55. The van der Waals surface area contributed by atoms with Gasteiger partial charge in [0, 0.05) is 24.0 Å². The highest BCUT2D eigenvalue weighted by Crippen LogP contribution is 2.17. The molecule has 0 aliphatic carbocycles. The molecule has 2 N–H and O–H groups in total. The van der Waals surface area contributed by atoms with E-state index in [0.29, 0.717) is 32.2 Å². The number of rotatable bonds is 8. The van der Waals surface area contributed by atoms with Crippen molar-refractivity contribution < 1.29 is 4.74 Å². The van der Waals surface area contributed by atoms with E-state index in [9.17, 15) is 0 Å². The van der Waals surface area contributed by atoms with Crippen molar-refractivity contribution in [1.29, 1.82) is 0 Å². The summed E-state index contributed by atoms with van der Waals surface area (Å²) in [5.41, 5.74) is 2.25. The Morgan fingerprint density at radius 3 is 2.62 bits per heavy atom. The smallest absolute Gasteiger partial charge is 0.191 e. The van der Waals surface area contributed by atoms with Gasteiger partial charge in [0.2, 0.25) is 0 Å². The van der Waals surface area contributed by atoms with E-state index in [4.69, 9.17) is 16.3 Å². The quantitative estimate of drug-likeness (QED) is 0.240. The maximum absolute atomic E-state index is 5.86. The first kappa shape index (κ1) is 23.1. The lowest BCUT2D eigenvalue weighted by atomic mass is 10.2. The van der Waals surface area contributed by atoms with Crippen LogP contribution in [0.2, 0.25) is 5.02 Å². The van der Waals surface area contributed by atoms with Crippen LogP contribution in [-0.2, 0) is 17.9 Å². The Balaban J connectivity index is 0.00000338. The average molecular weight is 509 g/mol. The molecule has 26 heavy (non-hydrogen) atoms. The third-order valence-electron chi connectivity index (χ3n) is 3.51. The summed E-state index contributed by atoms with van der Waals surface area (Å²) in [4.78, 5) is 8.82. The summed E-state index contributed by atoms with van der Waals surface area (Å²) >= 11 is 7.53. The van der Waals surface area contributed by atoms with Crippen LogP contribution in [0.25, 0.3) is 0 Å². The molecule has 0 saturated heterocycles. The summed E-state index contributed by atoms with van der Waals surface area (Å²) in [7, 11) is 1.76. The van der Waals surface area contributed by atoms with Crippen molar-refractivity contribution in [1.82, 2.24) is 15.6 Å². The van der Waals surface area contributed by atoms with Crippen molar-refractivity contribution in [3.63, 3.8) is 0 Å². The number of aromatic nitrogens is 1. The lowest BCUT2D eigenvalue weighted by Gasteiger charge is -2.11. The molecule has 8 heteroatoms. The minimum Gasteiger partial charge on any atom is -0.375 e. The number of hydrogen-bond donors (Lipinski definition) is 2. The normalized spacial score (nSPS) is 11.3. The van der Waals surface area contributed by atoms with Crippen molar-refractivity contribution >= 4 is 52.9 Å². The van der Waals surface area contributed by atoms with Gasteiger partial charge in [0.15, 0.2) is 5.96 Å². The van der Waals surface area contributed by atoms with Gasteiger partial charge in [0.05, 0.1) is 25.5 Å². The van der Waals surface area contributed by atoms with E-state index in [0.717, 1.165) is 27.2 Å². The van der Waals surface area contributed by atoms with Crippen LogP contribution in [0.15, 0.2) is 34.6 Å². The molecule has 2 rings (SSSR count). The van der Waals surface area contributed by atoms with Crippen molar-refractivity contribution in [3.05, 3.63) is 50.9 Å². The van der Waals surface area contributed by atoms with E-state index in [2.05, 4.69) is 39.8 Å². The number of halogens is 2. The molecule has 5 nitrogen and oxygen atoms in total. The highest BCUT2D eigenvalue weighted by Gasteiger charge is 2.06. The second-order valence-corrected chi connectivity index (χ2v) is 7.23. The molecule has 0 aliphatic heterocycles. The van der Waals surface area contributed by atoms with Gasteiger partial charge in [-0.15, -0.1) is 35.3 Å². The van der Waals surface area contributed by atoms with Gasteiger partial charge in [-0.2, -0.15) is 0 Å². The van der Waals surface area contributed by atoms with E-state index < -0.39 is 0 Å². The molecule has 0 amide bonds. The number of thiazole rings is 1. The van der Waals surface area contributed by atoms with E-state index in [-0.39, 0.29) is 24.0 Å². The molecule has 1 heterocycles. The molecular weight excluding hydrogens is 483 g/mol. The number of ether oxygens (including phenoxy) is 1. The van der Waals surface area contributed by atoms with Crippen molar-refractivity contribution in [2.75, 3.05) is 20.2 Å². The highest BCUT2D eigenvalue weighted by atomic mass is 127. The molecule has 0 unspecified atom stereocenters. The van der Waals surface area contributed by atoms with E-state index in [1.54, 1.807) is 18.4 Å².